The van der Waals surface area contributed by atoms with Crippen molar-refractivity contribution in [1.82, 2.24) is 14.8 Å². The van der Waals surface area contributed by atoms with Crippen LogP contribution in [0.25, 0.3) is 0 Å². The van der Waals surface area contributed by atoms with Gasteiger partial charge in [-0.1, -0.05) is 0 Å². The Hall–Kier alpha value is -2.61. The molecule has 1 aliphatic rings. The molecule has 0 spiro atoms. The van der Waals surface area contributed by atoms with Gasteiger partial charge >= 0.3 is 6.18 Å². The number of pyridine rings is 1. The van der Waals surface area contributed by atoms with Crippen molar-refractivity contribution in [2.75, 3.05) is 38.0 Å². The molecule has 0 atom stereocenters. The molecule has 1 aliphatic heterocycles. The third-order valence-electron chi connectivity index (χ3n) is 4.44. The van der Waals surface area contributed by atoms with Crippen molar-refractivity contribution in [2.24, 2.45) is 0 Å². The van der Waals surface area contributed by atoms with Gasteiger partial charge in [0.2, 0.25) is 0 Å². The number of nitrogens with zero attached hydrogens (tertiary/aromatic N) is 3. The Balaban J connectivity index is 1.50. The quantitative estimate of drug-likeness (QED) is 0.869. The summed E-state index contributed by atoms with van der Waals surface area (Å²) in [4.78, 5) is 19.4. The number of nitrogens with one attached hydrogen (secondary N) is 1. The van der Waals surface area contributed by atoms with Crippen LogP contribution in [0.5, 0.6) is 0 Å². The zero-order valence-electron chi connectivity index (χ0n) is 14.7. The summed E-state index contributed by atoms with van der Waals surface area (Å²) in [6.45, 7) is 0.797. The van der Waals surface area contributed by atoms with Crippen LogP contribution in [0.1, 0.15) is 15.9 Å². The average Bonchev–Trinajstić information content (AvgIpc) is 2.66. The van der Waals surface area contributed by atoms with Crippen molar-refractivity contribution in [3.05, 3.63) is 59.9 Å². The highest BCUT2D eigenvalue weighted by Gasteiger charge is 2.32. The van der Waals surface area contributed by atoms with Gasteiger partial charge < -0.3 is 10.2 Å². The fourth-order valence-electron chi connectivity index (χ4n) is 2.98. The molecule has 1 saturated heterocycles. The van der Waals surface area contributed by atoms with Crippen molar-refractivity contribution in [3.8, 4) is 0 Å². The van der Waals surface area contributed by atoms with Crippen LogP contribution in [0, 0.1) is 0 Å². The molecule has 1 fully saturated rings. The first kappa shape index (κ1) is 19.2. The van der Waals surface area contributed by atoms with Crippen molar-refractivity contribution in [3.63, 3.8) is 0 Å². The topological polar surface area (TPSA) is 48.5 Å². The number of rotatable bonds is 5. The summed E-state index contributed by atoms with van der Waals surface area (Å²) in [5.74, 6) is -0.151. The van der Waals surface area contributed by atoms with Crippen molar-refractivity contribution < 1.29 is 18.0 Å². The van der Waals surface area contributed by atoms with E-state index < -0.39 is 12.7 Å². The van der Waals surface area contributed by atoms with Gasteiger partial charge in [-0.05, 0) is 42.0 Å². The van der Waals surface area contributed by atoms with Gasteiger partial charge in [0.15, 0.2) is 0 Å². The van der Waals surface area contributed by atoms with E-state index in [2.05, 4.69) is 10.3 Å². The van der Waals surface area contributed by atoms with E-state index in [1.54, 1.807) is 29.4 Å². The maximum atomic E-state index is 12.5. The number of hydrogen-bond donors (Lipinski definition) is 1. The smallest absolute Gasteiger partial charge is 0.381 e. The number of carbonyl (C=O) groups excluding carboxylic acids is 1. The summed E-state index contributed by atoms with van der Waals surface area (Å²) < 4.78 is 37.3. The Morgan fingerprint density at radius 2 is 1.63 bits per heavy atom. The van der Waals surface area contributed by atoms with Crippen LogP contribution in [-0.4, -0.2) is 59.6 Å². The maximum Gasteiger partial charge on any atom is 0.401 e. The molecule has 0 radical (unpaired) electrons. The predicted octanol–water partition coefficient (Wildman–Crippen LogP) is 3.01. The van der Waals surface area contributed by atoms with Crippen molar-refractivity contribution in [2.45, 2.75) is 12.7 Å². The monoisotopic (exact) mass is 378 g/mol. The summed E-state index contributed by atoms with van der Waals surface area (Å²) in [5.41, 5.74) is 2.52. The molecule has 8 heteroatoms. The van der Waals surface area contributed by atoms with E-state index in [-0.39, 0.29) is 19.0 Å². The number of piperazine rings is 1. The molecule has 3 rings (SSSR count). The highest BCUT2D eigenvalue weighted by molar-refractivity contribution is 5.94. The van der Waals surface area contributed by atoms with Gasteiger partial charge in [0.25, 0.3) is 5.91 Å². The number of halogens is 3. The lowest BCUT2D eigenvalue weighted by Crippen LogP contribution is -2.50. The Kier molecular flexibility index (Phi) is 5.95. The third kappa shape index (κ3) is 5.68. The molecule has 1 N–H and O–H groups in total. The van der Waals surface area contributed by atoms with Crippen molar-refractivity contribution >= 4 is 11.6 Å². The Morgan fingerprint density at radius 1 is 1.00 bits per heavy atom. The van der Waals surface area contributed by atoms with E-state index in [0.29, 0.717) is 25.2 Å². The molecule has 27 heavy (non-hydrogen) atoms. The molecular weight excluding hydrogens is 357 g/mol. The zero-order valence-corrected chi connectivity index (χ0v) is 14.7. The van der Waals surface area contributed by atoms with Gasteiger partial charge in [-0.25, -0.2) is 0 Å². The lowest BCUT2D eigenvalue weighted by molar-refractivity contribution is -0.148. The Morgan fingerprint density at radius 3 is 2.22 bits per heavy atom. The number of amides is 1. The molecule has 144 valence electrons. The van der Waals surface area contributed by atoms with E-state index in [4.69, 9.17) is 0 Å². The van der Waals surface area contributed by atoms with Crippen LogP contribution >= 0.6 is 0 Å². The first-order valence-corrected chi connectivity index (χ1v) is 8.72. The minimum absolute atomic E-state index is 0.151. The first-order valence-electron chi connectivity index (χ1n) is 8.72. The fourth-order valence-corrected chi connectivity index (χ4v) is 2.98. The second kappa shape index (κ2) is 8.39. The van der Waals surface area contributed by atoms with Crippen LogP contribution < -0.4 is 5.32 Å². The lowest BCUT2D eigenvalue weighted by Gasteiger charge is -2.35. The van der Waals surface area contributed by atoms with Gasteiger partial charge in [-0.15, -0.1) is 0 Å². The van der Waals surface area contributed by atoms with E-state index in [1.165, 1.54) is 4.90 Å². The fraction of sp³-hybridized carbons (Fsp3) is 0.368. The van der Waals surface area contributed by atoms with Crippen molar-refractivity contribution in [1.29, 1.82) is 0 Å². The van der Waals surface area contributed by atoms with E-state index >= 15 is 0 Å². The van der Waals surface area contributed by atoms with E-state index in [9.17, 15) is 18.0 Å². The molecule has 1 amide bonds. The molecule has 2 heterocycles. The van der Waals surface area contributed by atoms with Crippen LogP contribution in [0.4, 0.5) is 18.9 Å². The van der Waals surface area contributed by atoms with Crippen LogP contribution in [0.2, 0.25) is 0 Å². The highest BCUT2D eigenvalue weighted by atomic mass is 19.4. The minimum atomic E-state index is -4.20. The molecular formula is C19H21F3N4O. The number of anilines is 1. The largest absolute Gasteiger partial charge is 0.401 e. The Labute approximate surface area is 155 Å². The number of aromatic nitrogens is 1. The normalized spacial score (nSPS) is 15.6. The summed E-state index contributed by atoms with van der Waals surface area (Å²) in [5, 5.41) is 3.27. The molecule has 1 aromatic heterocycles. The molecule has 5 nitrogen and oxygen atoms in total. The second-order valence-electron chi connectivity index (χ2n) is 6.47. The Bertz CT molecular complexity index is 742. The standard InChI is InChI=1S/C19H21F3N4O/c20-19(21,22)14-25-9-11-26(12-10-25)18(27)16-1-3-17(4-2-16)24-13-15-5-7-23-8-6-15/h1-8,24H,9-14H2. The van der Waals surface area contributed by atoms with Gasteiger partial charge in [0.1, 0.15) is 0 Å². The second-order valence-corrected chi connectivity index (χ2v) is 6.47. The lowest BCUT2D eigenvalue weighted by atomic mass is 10.1. The van der Waals surface area contributed by atoms with Crippen LogP contribution in [0.3, 0.4) is 0 Å². The van der Waals surface area contributed by atoms with Gasteiger partial charge in [0.05, 0.1) is 6.54 Å². The third-order valence-corrected chi connectivity index (χ3v) is 4.44. The number of alkyl halides is 3. The maximum absolute atomic E-state index is 12.5. The molecule has 0 saturated carbocycles. The van der Waals surface area contributed by atoms with Gasteiger partial charge in [0, 0.05) is 56.4 Å². The van der Waals surface area contributed by atoms with Crippen LogP contribution in [-0.2, 0) is 6.54 Å². The highest BCUT2D eigenvalue weighted by Crippen LogP contribution is 2.18. The molecule has 2 aromatic rings. The molecule has 0 bridgehead atoms. The van der Waals surface area contributed by atoms with E-state index in [0.717, 1.165) is 11.3 Å². The van der Waals surface area contributed by atoms with Crippen LogP contribution in [0.15, 0.2) is 48.8 Å². The average molecular weight is 378 g/mol. The van der Waals surface area contributed by atoms with Gasteiger partial charge in [-0.2, -0.15) is 13.2 Å². The summed E-state index contributed by atoms with van der Waals surface area (Å²) >= 11 is 0. The first-order chi connectivity index (χ1) is 12.9. The zero-order chi connectivity index (χ0) is 19.3. The molecule has 0 unspecified atom stereocenters. The summed E-state index contributed by atoms with van der Waals surface area (Å²) in [7, 11) is 0. The predicted molar refractivity (Wildman–Crippen MR) is 96.4 cm³/mol. The number of carbonyl (C=O) groups is 1. The minimum Gasteiger partial charge on any atom is -0.381 e. The van der Waals surface area contributed by atoms with Gasteiger partial charge in [-0.3, -0.25) is 14.7 Å². The molecule has 1 aromatic carbocycles. The van der Waals surface area contributed by atoms with E-state index in [1.807, 2.05) is 24.3 Å². The number of benzene rings is 1. The summed E-state index contributed by atoms with van der Waals surface area (Å²) in [6.07, 6.45) is -0.744. The SMILES string of the molecule is O=C(c1ccc(NCc2ccncc2)cc1)N1CCN(CC(F)(F)F)CC1. The molecule has 0 aliphatic carbocycles. The summed E-state index contributed by atoms with van der Waals surface area (Å²) in [6, 6.07) is 11.0. The number of hydrogen-bond acceptors (Lipinski definition) is 4.